The van der Waals surface area contributed by atoms with Crippen LogP contribution in [0.25, 0.3) is 0 Å². The fraction of sp³-hybridized carbons (Fsp3) is 0.667. The van der Waals surface area contributed by atoms with Crippen LogP contribution in [0.1, 0.15) is 20.8 Å². The molecule has 5 heteroatoms. The molecule has 98 valence electrons. The molecule has 0 aliphatic heterocycles. The van der Waals surface area contributed by atoms with Crippen LogP contribution in [0.3, 0.4) is 0 Å². The van der Waals surface area contributed by atoms with Gasteiger partial charge in [-0.1, -0.05) is 19.9 Å². The fourth-order valence-electron chi connectivity index (χ4n) is 0.914. The highest BCUT2D eigenvalue weighted by atomic mass is 16.6. The Morgan fingerprint density at radius 3 is 2.35 bits per heavy atom. The Balaban J connectivity index is 4.55. The standard InChI is InChI=1S/C12H20O5/c1-6-12(3,4)8-17-9(10(13)15-5)11(14)16-7-2/h6,9H,1,7-8H2,2-5H3. The van der Waals surface area contributed by atoms with Crippen LogP contribution in [0.5, 0.6) is 0 Å². The summed E-state index contributed by atoms with van der Waals surface area (Å²) in [5, 5.41) is 0. The highest BCUT2D eigenvalue weighted by molar-refractivity contribution is 5.97. The molecule has 0 saturated carbocycles. The van der Waals surface area contributed by atoms with Gasteiger partial charge in [0, 0.05) is 5.41 Å². The molecule has 0 saturated heterocycles. The van der Waals surface area contributed by atoms with E-state index in [0.717, 1.165) is 0 Å². The second-order valence-corrected chi connectivity index (χ2v) is 4.16. The van der Waals surface area contributed by atoms with Gasteiger partial charge in [-0.15, -0.1) is 6.58 Å². The highest BCUT2D eigenvalue weighted by Gasteiger charge is 2.31. The topological polar surface area (TPSA) is 61.8 Å². The van der Waals surface area contributed by atoms with Gasteiger partial charge in [-0.3, -0.25) is 0 Å². The van der Waals surface area contributed by atoms with Crippen LogP contribution in [-0.4, -0.2) is 38.4 Å². The lowest BCUT2D eigenvalue weighted by molar-refractivity contribution is -0.173. The molecule has 0 aromatic heterocycles. The lowest BCUT2D eigenvalue weighted by Crippen LogP contribution is -2.37. The molecule has 0 heterocycles. The summed E-state index contributed by atoms with van der Waals surface area (Å²) >= 11 is 0. The van der Waals surface area contributed by atoms with Gasteiger partial charge < -0.3 is 14.2 Å². The number of ether oxygens (including phenoxy) is 3. The molecule has 0 fully saturated rings. The number of esters is 2. The maximum Gasteiger partial charge on any atom is 0.347 e. The van der Waals surface area contributed by atoms with E-state index in [0.29, 0.717) is 0 Å². The SMILES string of the molecule is C=CC(C)(C)COC(C(=O)OC)C(=O)OCC. The summed E-state index contributed by atoms with van der Waals surface area (Å²) < 4.78 is 14.5. The molecule has 17 heavy (non-hydrogen) atoms. The normalized spacial score (nSPS) is 12.7. The zero-order chi connectivity index (χ0) is 13.5. The van der Waals surface area contributed by atoms with Gasteiger partial charge in [0.05, 0.1) is 20.3 Å². The minimum atomic E-state index is -1.33. The molecule has 1 unspecified atom stereocenters. The Morgan fingerprint density at radius 1 is 1.35 bits per heavy atom. The number of carbonyl (C=O) groups excluding carboxylic acids is 2. The van der Waals surface area contributed by atoms with Crippen LogP contribution >= 0.6 is 0 Å². The minimum Gasteiger partial charge on any atom is -0.467 e. The minimum absolute atomic E-state index is 0.176. The van der Waals surface area contributed by atoms with Crippen molar-refractivity contribution in [3.63, 3.8) is 0 Å². The third-order valence-corrected chi connectivity index (χ3v) is 2.09. The van der Waals surface area contributed by atoms with E-state index in [1.165, 1.54) is 7.11 Å². The quantitative estimate of drug-likeness (QED) is 0.384. The average molecular weight is 244 g/mol. The first-order chi connectivity index (χ1) is 7.87. The average Bonchev–Trinajstić information content (AvgIpc) is 2.29. The molecule has 0 aliphatic rings. The van der Waals surface area contributed by atoms with E-state index < -0.39 is 18.0 Å². The van der Waals surface area contributed by atoms with Crippen molar-refractivity contribution in [3.05, 3.63) is 12.7 Å². The summed E-state index contributed by atoms with van der Waals surface area (Å²) in [6.45, 7) is 9.40. The molecule has 0 rings (SSSR count). The Bertz CT molecular complexity index is 283. The van der Waals surface area contributed by atoms with E-state index in [-0.39, 0.29) is 18.6 Å². The molecule has 0 aromatic rings. The van der Waals surface area contributed by atoms with Crippen molar-refractivity contribution in [2.75, 3.05) is 20.3 Å². The van der Waals surface area contributed by atoms with Crippen molar-refractivity contribution in [1.82, 2.24) is 0 Å². The summed E-state index contributed by atoms with van der Waals surface area (Å²) in [7, 11) is 1.19. The molecule has 0 spiro atoms. The van der Waals surface area contributed by atoms with E-state index >= 15 is 0 Å². The second-order valence-electron chi connectivity index (χ2n) is 4.16. The number of hydrogen-bond acceptors (Lipinski definition) is 5. The molecule has 0 bridgehead atoms. The summed E-state index contributed by atoms with van der Waals surface area (Å²) in [5.41, 5.74) is -0.335. The van der Waals surface area contributed by atoms with Crippen molar-refractivity contribution >= 4 is 11.9 Å². The van der Waals surface area contributed by atoms with Gasteiger partial charge >= 0.3 is 11.9 Å². The van der Waals surface area contributed by atoms with E-state index in [2.05, 4.69) is 11.3 Å². The van der Waals surface area contributed by atoms with Gasteiger partial charge in [0.1, 0.15) is 0 Å². The van der Waals surface area contributed by atoms with Gasteiger partial charge in [-0.05, 0) is 6.92 Å². The molecule has 1 atom stereocenters. The highest BCUT2D eigenvalue weighted by Crippen LogP contribution is 2.17. The van der Waals surface area contributed by atoms with Crippen LogP contribution in [0.4, 0.5) is 0 Å². The van der Waals surface area contributed by atoms with Crippen molar-refractivity contribution in [3.8, 4) is 0 Å². The molecule has 0 radical (unpaired) electrons. The first kappa shape index (κ1) is 15.6. The zero-order valence-electron chi connectivity index (χ0n) is 10.8. The second kappa shape index (κ2) is 7.06. The van der Waals surface area contributed by atoms with Gasteiger partial charge in [-0.25, -0.2) is 9.59 Å². The van der Waals surface area contributed by atoms with Crippen LogP contribution in [0.2, 0.25) is 0 Å². The van der Waals surface area contributed by atoms with Crippen molar-refractivity contribution < 1.29 is 23.8 Å². The van der Waals surface area contributed by atoms with Gasteiger partial charge in [0.15, 0.2) is 0 Å². The third kappa shape index (κ3) is 5.49. The van der Waals surface area contributed by atoms with E-state index in [1.807, 2.05) is 13.8 Å². The molecule has 5 nitrogen and oxygen atoms in total. The first-order valence-corrected chi connectivity index (χ1v) is 5.37. The fourth-order valence-corrected chi connectivity index (χ4v) is 0.914. The van der Waals surface area contributed by atoms with E-state index in [9.17, 15) is 9.59 Å². The molecule has 0 aromatic carbocycles. The maximum atomic E-state index is 11.5. The summed E-state index contributed by atoms with van der Waals surface area (Å²) in [4.78, 5) is 22.8. The predicted molar refractivity (Wildman–Crippen MR) is 62.4 cm³/mol. The van der Waals surface area contributed by atoms with E-state index in [1.54, 1.807) is 13.0 Å². The van der Waals surface area contributed by atoms with Crippen LogP contribution in [-0.2, 0) is 23.8 Å². The van der Waals surface area contributed by atoms with E-state index in [4.69, 9.17) is 9.47 Å². The first-order valence-electron chi connectivity index (χ1n) is 5.37. The van der Waals surface area contributed by atoms with Crippen LogP contribution < -0.4 is 0 Å². The lowest BCUT2D eigenvalue weighted by atomic mass is 9.95. The predicted octanol–water partition coefficient (Wildman–Crippen LogP) is 1.32. The largest absolute Gasteiger partial charge is 0.467 e. The van der Waals surface area contributed by atoms with Gasteiger partial charge in [-0.2, -0.15) is 0 Å². The smallest absolute Gasteiger partial charge is 0.347 e. The zero-order valence-corrected chi connectivity index (χ0v) is 10.8. The van der Waals surface area contributed by atoms with Crippen molar-refractivity contribution in [2.24, 2.45) is 5.41 Å². The molecule has 0 aliphatic carbocycles. The Hall–Kier alpha value is -1.36. The van der Waals surface area contributed by atoms with Crippen LogP contribution in [0, 0.1) is 5.41 Å². The Labute approximate surface area is 102 Å². The molecular formula is C12H20O5. The third-order valence-electron chi connectivity index (χ3n) is 2.09. The number of methoxy groups -OCH3 is 1. The molecule has 0 N–H and O–H groups in total. The summed E-state index contributed by atoms with van der Waals surface area (Å²) in [6.07, 6.45) is 0.353. The van der Waals surface area contributed by atoms with Crippen molar-refractivity contribution in [1.29, 1.82) is 0 Å². The van der Waals surface area contributed by atoms with Crippen LogP contribution in [0.15, 0.2) is 12.7 Å². The lowest BCUT2D eigenvalue weighted by Gasteiger charge is -2.22. The number of rotatable bonds is 7. The Kier molecular flexibility index (Phi) is 6.50. The molecular weight excluding hydrogens is 224 g/mol. The maximum absolute atomic E-state index is 11.5. The summed E-state index contributed by atoms with van der Waals surface area (Å²) in [5.74, 6) is -1.50. The molecule has 0 amide bonds. The Morgan fingerprint density at radius 2 is 1.94 bits per heavy atom. The van der Waals surface area contributed by atoms with Crippen molar-refractivity contribution in [2.45, 2.75) is 26.9 Å². The number of carbonyl (C=O) groups is 2. The van der Waals surface area contributed by atoms with Gasteiger partial charge in [0.25, 0.3) is 6.10 Å². The summed E-state index contributed by atoms with van der Waals surface area (Å²) in [6, 6.07) is 0. The van der Waals surface area contributed by atoms with Gasteiger partial charge in [0.2, 0.25) is 0 Å². The number of hydrogen-bond donors (Lipinski definition) is 0. The monoisotopic (exact) mass is 244 g/mol.